The number of carbonyl (C=O) groups excluding carboxylic acids is 1. The number of fused-ring (bicyclic) bond motifs is 1. The molecule has 0 atom stereocenters. The Morgan fingerprint density at radius 1 is 1.25 bits per heavy atom. The molecule has 1 heterocycles. The van der Waals surface area contributed by atoms with Gasteiger partial charge in [-0.05, 0) is 54.9 Å². The lowest BCUT2D eigenvalue weighted by Gasteiger charge is -2.17. The van der Waals surface area contributed by atoms with Crippen LogP contribution in [0.4, 0.5) is 15.8 Å². The van der Waals surface area contributed by atoms with Crippen LogP contribution >= 0.6 is 15.9 Å². The van der Waals surface area contributed by atoms with Gasteiger partial charge in [-0.1, -0.05) is 6.07 Å². The highest BCUT2D eigenvalue weighted by Gasteiger charge is 2.19. The van der Waals surface area contributed by atoms with Gasteiger partial charge in [-0.25, -0.2) is 9.18 Å². The average molecular weight is 447 g/mol. The first-order chi connectivity index (χ1) is 13.5. The van der Waals surface area contributed by atoms with Crippen molar-refractivity contribution in [2.75, 3.05) is 18.5 Å². The zero-order valence-electron chi connectivity index (χ0n) is 15.8. The van der Waals surface area contributed by atoms with Crippen LogP contribution < -0.4 is 10.1 Å². The molecule has 5 nitrogen and oxygen atoms in total. The Morgan fingerprint density at radius 3 is 2.75 bits per heavy atom. The van der Waals surface area contributed by atoms with Crippen molar-refractivity contribution >= 4 is 44.2 Å². The first-order valence-corrected chi connectivity index (χ1v) is 9.69. The Bertz CT molecular complexity index is 1040. The predicted octanol–water partition coefficient (Wildman–Crippen LogP) is 5.76. The molecule has 0 aliphatic carbocycles. The van der Waals surface area contributed by atoms with E-state index in [1.54, 1.807) is 32.0 Å². The molecule has 0 fully saturated rings. The normalized spacial score (nSPS) is 10.8. The molecule has 0 unspecified atom stereocenters. The molecule has 0 amide bonds. The maximum atomic E-state index is 14.0. The summed E-state index contributed by atoms with van der Waals surface area (Å²) in [4.78, 5) is 16.9. The van der Waals surface area contributed by atoms with Crippen LogP contribution in [0.25, 0.3) is 10.9 Å². The molecule has 0 spiro atoms. The molecule has 0 bridgehead atoms. The Hall–Kier alpha value is -2.67. The smallest absolute Gasteiger partial charge is 0.341 e. The zero-order valence-corrected chi connectivity index (χ0v) is 17.4. The van der Waals surface area contributed by atoms with E-state index in [0.29, 0.717) is 40.2 Å². The summed E-state index contributed by atoms with van der Waals surface area (Å²) in [6.07, 6.45) is 1.46. The number of halogens is 2. The van der Waals surface area contributed by atoms with Crippen molar-refractivity contribution in [3.63, 3.8) is 0 Å². The lowest BCUT2D eigenvalue weighted by molar-refractivity contribution is 0.0527. The van der Waals surface area contributed by atoms with Gasteiger partial charge in [-0.2, -0.15) is 0 Å². The van der Waals surface area contributed by atoms with E-state index in [9.17, 15) is 9.18 Å². The first-order valence-electron chi connectivity index (χ1n) is 8.90. The number of pyridine rings is 1. The molecule has 0 radical (unpaired) electrons. The Balaban J connectivity index is 2.22. The number of ether oxygens (including phenoxy) is 2. The Morgan fingerprint density at radius 2 is 2.04 bits per heavy atom. The van der Waals surface area contributed by atoms with Gasteiger partial charge in [0.15, 0.2) is 0 Å². The van der Waals surface area contributed by atoms with Gasteiger partial charge < -0.3 is 14.8 Å². The molecule has 0 saturated heterocycles. The Labute approximate surface area is 171 Å². The summed E-state index contributed by atoms with van der Waals surface area (Å²) >= 11 is 3.50. The third-order valence-electron chi connectivity index (χ3n) is 4.24. The molecule has 0 aliphatic rings. The monoisotopic (exact) mass is 446 g/mol. The number of aromatic nitrogens is 1. The second-order valence-corrected chi connectivity index (χ2v) is 6.89. The molecule has 1 N–H and O–H groups in total. The minimum Gasteiger partial charge on any atom is -0.493 e. The minimum absolute atomic E-state index is 0.238. The molecule has 0 saturated carbocycles. The number of nitrogens with zero attached hydrogens (tertiary/aromatic N) is 1. The number of benzene rings is 2. The van der Waals surface area contributed by atoms with Crippen LogP contribution in [-0.2, 0) is 4.74 Å². The van der Waals surface area contributed by atoms with E-state index in [1.807, 2.05) is 13.0 Å². The highest BCUT2D eigenvalue weighted by molar-refractivity contribution is 9.10. The van der Waals surface area contributed by atoms with Crippen molar-refractivity contribution < 1.29 is 18.7 Å². The lowest BCUT2D eigenvalue weighted by Crippen LogP contribution is -2.10. The van der Waals surface area contributed by atoms with Crippen LogP contribution in [0.15, 0.2) is 41.0 Å². The van der Waals surface area contributed by atoms with Gasteiger partial charge in [0.2, 0.25) is 0 Å². The van der Waals surface area contributed by atoms with Gasteiger partial charge in [-0.15, -0.1) is 0 Å². The molecular weight excluding hydrogens is 427 g/mol. The number of rotatable bonds is 6. The van der Waals surface area contributed by atoms with E-state index < -0.39 is 5.97 Å². The highest BCUT2D eigenvalue weighted by atomic mass is 79.9. The molecule has 2 aromatic carbocycles. The predicted molar refractivity (Wildman–Crippen MR) is 111 cm³/mol. The fraction of sp³-hybridized carbons (Fsp3) is 0.238. The number of carbonyl (C=O) groups is 1. The Kier molecular flexibility index (Phi) is 6.14. The topological polar surface area (TPSA) is 60.5 Å². The van der Waals surface area contributed by atoms with Crippen molar-refractivity contribution in [1.82, 2.24) is 4.98 Å². The molecule has 3 rings (SSSR count). The van der Waals surface area contributed by atoms with Gasteiger partial charge in [0.25, 0.3) is 0 Å². The van der Waals surface area contributed by atoms with E-state index in [0.717, 1.165) is 4.47 Å². The van der Waals surface area contributed by atoms with E-state index in [1.165, 1.54) is 12.3 Å². The van der Waals surface area contributed by atoms with Crippen molar-refractivity contribution in [3.8, 4) is 5.75 Å². The SMILES string of the molecule is CCOC(=O)c1cnc2cc(OCC)c(Br)cc2c1Nc1cccc(F)c1C. The number of hydrogen-bond donors (Lipinski definition) is 1. The molecule has 28 heavy (non-hydrogen) atoms. The van der Waals surface area contributed by atoms with Crippen LogP contribution in [0.1, 0.15) is 29.8 Å². The minimum atomic E-state index is -0.501. The zero-order chi connectivity index (χ0) is 20.3. The third kappa shape index (κ3) is 3.94. The fourth-order valence-corrected chi connectivity index (χ4v) is 3.29. The average Bonchev–Trinajstić information content (AvgIpc) is 2.67. The van der Waals surface area contributed by atoms with Crippen LogP contribution in [0.3, 0.4) is 0 Å². The van der Waals surface area contributed by atoms with Crippen molar-refractivity contribution in [2.24, 2.45) is 0 Å². The molecule has 146 valence electrons. The summed E-state index contributed by atoms with van der Waals surface area (Å²) in [6.45, 7) is 6.06. The standard InChI is InChI=1S/C21H20BrFN2O3/c1-4-27-19-10-18-13(9-15(19)22)20(14(11-24-18)21(26)28-5-2)25-17-8-6-7-16(23)12(17)3/h6-11H,4-5H2,1-3H3,(H,24,25). The van der Waals surface area contributed by atoms with E-state index in [2.05, 4.69) is 26.2 Å². The van der Waals surface area contributed by atoms with Crippen LogP contribution in [0.2, 0.25) is 0 Å². The third-order valence-corrected chi connectivity index (χ3v) is 4.86. The summed E-state index contributed by atoms with van der Waals surface area (Å²) in [5, 5.41) is 3.88. The largest absolute Gasteiger partial charge is 0.493 e. The molecule has 7 heteroatoms. The molecule has 3 aromatic rings. The van der Waals surface area contributed by atoms with E-state index in [-0.39, 0.29) is 18.0 Å². The lowest BCUT2D eigenvalue weighted by atomic mass is 10.1. The van der Waals surface area contributed by atoms with Gasteiger partial charge >= 0.3 is 5.97 Å². The van der Waals surface area contributed by atoms with Gasteiger partial charge in [0.05, 0.1) is 28.9 Å². The summed E-state index contributed by atoms with van der Waals surface area (Å²) in [5.41, 5.74) is 2.42. The highest BCUT2D eigenvalue weighted by Crippen LogP contribution is 2.36. The number of nitrogens with one attached hydrogen (secondary N) is 1. The number of esters is 1. The number of anilines is 2. The van der Waals surface area contributed by atoms with Crippen molar-refractivity contribution in [2.45, 2.75) is 20.8 Å². The van der Waals surface area contributed by atoms with Crippen LogP contribution in [-0.4, -0.2) is 24.2 Å². The molecule has 0 aliphatic heterocycles. The van der Waals surface area contributed by atoms with Crippen LogP contribution in [0, 0.1) is 12.7 Å². The van der Waals surface area contributed by atoms with E-state index in [4.69, 9.17) is 9.47 Å². The fourth-order valence-electron chi connectivity index (χ4n) is 2.84. The van der Waals surface area contributed by atoms with E-state index >= 15 is 0 Å². The van der Waals surface area contributed by atoms with Crippen LogP contribution in [0.5, 0.6) is 5.75 Å². The quantitative estimate of drug-likeness (QED) is 0.487. The van der Waals surface area contributed by atoms with Gasteiger partial charge in [-0.3, -0.25) is 4.98 Å². The second kappa shape index (κ2) is 8.56. The summed E-state index contributed by atoms with van der Waals surface area (Å²) in [5.74, 6) is -0.182. The maximum absolute atomic E-state index is 14.0. The summed E-state index contributed by atoms with van der Waals surface area (Å²) in [6, 6.07) is 8.38. The number of hydrogen-bond acceptors (Lipinski definition) is 5. The van der Waals surface area contributed by atoms with Gasteiger partial charge in [0, 0.05) is 28.9 Å². The molecular formula is C21H20BrFN2O3. The maximum Gasteiger partial charge on any atom is 0.341 e. The second-order valence-electron chi connectivity index (χ2n) is 6.04. The van der Waals surface area contributed by atoms with Crippen molar-refractivity contribution in [3.05, 3.63) is 57.9 Å². The molecule has 1 aromatic heterocycles. The summed E-state index contributed by atoms with van der Waals surface area (Å²) in [7, 11) is 0. The summed E-state index contributed by atoms with van der Waals surface area (Å²) < 4.78 is 25.5. The first kappa shape index (κ1) is 20.1. The van der Waals surface area contributed by atoms with Crippen molar-refractivity contribution in [1.29, 1.82) is 0 Å². The van der Waals surface area contributed by atoms with Gasteiger partial charge in [0.1, 0.15) is 17.1 Å².